The van der Waals surface area contributed by atoms with E-state index in [2.05, 4.69) is 66.1 Å². The number of nitrogens with zero attached hydrogens (tertiary/aromatic N) is 2. The molecular weight excluding hydrogens is 616 g/mol. The molecule has 2 N–H and O–H groups in total. The van der Waals surface area contributed by atoms with Gasteiger partial charge in [-0.3, -0.25) is 9.59 Å². The molecule has 0 saturated heterocycles. The third-order valence-electron chi connectivity index (χ3n) is 5.00. The lowest BCUT2D eigenvalue weighted by Crippen LogP contribution is -2.17. The van der Waals surface area contributed by atoms with Gasteiger partial charge >= 0.3 is 0 Å². The number of carbonyl (C=O) groups excluding carboxylic acids is 2. The van der Waals surface area contributed by atoms with E-state index in [9.17, 15) is 9.59 Å². The largest absolute Gasteiger partial charge is 0.489 e. The molecule has 0 aliphatic rings. The van der Waals surface area contributed by atoms with Gasteiger partial charge in [-0.15, -0.1) is 0 Å². The van der Waals surface area contributed by atoms with Crippen molar-refractivity contribution in [2.24, 2.45) is 10.2 Å². The number of rotatable bonds is 17. The predicted molar refractivity (Wildman–Crippen MR) is 159 cm³/mol. The number of benzene rings is 2. The maximum absolute atomic E-state index is 12.1. The summed E-state index contributed by atoms with van der Waals surface area (Å²) >= 11 is 6.84. The Morgan fingerprint density at radius 2 is 1.16 bits per heavy atom. The molecule has 0 radical (unpaired) electrons. The summed E-state index contributed by atoms with van der Waals surface area (Å²) in [6.45, 7) is 8.04. The maximum atomic E-state index is 12.1. The molecule has 0 saturated carbocycles. The Morgan fingerprint density at radius 1 is 0.737 bits per heavy atom. The van der Waals surface area contributed by atoms with Crippen LogP contribution in [0, 0.1) is 0 Å². The Morgan fingerprint density at radius 3 is 1.55 bits per heavy atom. The molecule has 2 rings (SSSR count). The lowest BCUT2D eigenvalue weighted by atomic mass is 10.1. The van der Waals surface area contributed by atoms with Crippen molar-refractivity contribution < 1.29 is 19.1 Å². The molecule has 0 atom stereocenters. The van der Waals surface area contributed by atoms with Crippen LogP contribution < -0.4 is 20.3 Å². The minimum Gasteiger partial charge on any atom is -0.489 e. The minimum atomic E-state index is -0.166. The molecule has 2 aromatic rings. The van der Waals surface area contributed by atoms with Crippen molar-refractivity contribution in [3.63, 3.8) is 0 Å². The molecule has 0 heterocycles. The van der Waals surface area contributed by atoms with E-state index in [1.54, 1.807) is 24.6 Å². The van der Waals surface area contributed by atoms with E-state index in [0.717, 1.165) is 32.9 Å². The van der Waals surface area contributed by atoms with Gasteiger partial charge in [0.1, 0.15) is 24.7 Å². The van der Waals surface area contributed by atoms with E-state index >= 15 is 0 Å². The number of ether oxygens (including phenoxy) is 2. The smallest absolute Gasteiger partial charge is 0.240 e. The number of nitrogens with one attached hydrogen (secondary N) is 2. The molecule has 10 heteroatoms. The van der Waals surface area contributed by atoms with Crippen LogP contribution in [0.3, 0.4) is 0 Å². The molecule has 0 unspecified atom stereocenters. The van der Waals surface area contributed by atoms with Crippen molar-refractivity contribution in [2.75, 3.05) is 13.2 Å². The van der Waals surface area contributed by atoms with Gasteiger partial charge < -0.3 is 9.47 Å². The molecule has 202 valence electrons. The van der Waals surface area contributed by atoms with E-state index < -0.39 is 0 Å². The summed E-state index contributed by atoms with van der Waals surface area (Å²) in [4.78, 5) is 24.1. The first-order valence-electron chi connectivity index (χ1n) is 12.1. The van der Waals surface area contributed by atoms with Crippen molar-refractivity contribution in [3.05, 3.63) is 81.8 Å². The normalized spacial score (nSPS) is 10.9. The summed E-state index contributed by atoms with van der Waals surface area (Å²) in [5.41, 5.74) is 6.56. The van der Waals surface area contributed by atoms with Gasteiger partial charge in [-0.1, -0.05) is 70.0 Å². The number of hydrogen-bond donors (Lipinski definition) is 2. The highest BCUT2D eigenvalue weighted by atomic mass is 79.9. The zero-order chi connectivity index (χ0) is 27.6. The van der Waals surface area contributed by atoms with Crippen molar-refractivity contribution in [1.29, 1.82) is 0 Å². The minimum absolute atomic E-state index is 0.166. The molecule has 0 fully saturated rings. The fourth-order valence-corrected chi connectivity index (χ4v) is 3.94. The highest BCUT2D eigenvalue weighted by Gasteiger charge is 2.05. The van der Waals surface area contributed by atoms with Gasteiger partial charge in [-0.25, -0.2) is 10.9 Å². The zero-order valence-electron chi connectivity index (χ0n) is 21.1. The summed E-state index contributed by atoms with van der Waals surface area (Å²) in [5.74, 6) is 0.967. The van der Waals surface area contributed by atoms with Crippen LogP contribution in [0.15, 0.2) is 80.9 Å². The Kier molecular flexibility index (Phi) is 14.7. The third kappa shape index (κ3) is 12.3. The monoisotopic (exact) mass is 646 g/mol. The lowest BCUT2D eigenvalue weighted by molar-refractivity contribution is -0.122. The van der Waals surface area contributed by atoms with E-state index in [1.165, 1.54) is 0 Å². The number of unbranched alkanes of at least 4 members (excludes halogenated alkanes) is 3. The van der Waals surface area contributed by atoms with Crippen molar-refractivity contribution in [3.8, 4) is 11.5 Å². The van der Waals surface area contributed by atoms with Crippen LogP contribution in [0.4, 0.5) is 0 Å². The molecule has 38 heavy (non-hydrogen) atoms. The number of amides is 2. The summed E-state index contributed by atoms with van der Waals surface area (Å²) in [6, 6.07) is 11.1. The van der Waals surface area contributed by atoms with E-state index in [-0.39, 0.29) is 11.8 Å². The second kappa shape index (κ2) is 18.1. The summed E-state index contributed by atoms with van der Waals surface area (Å²) in [7, 11) is 0. The molecular formula is C28H32Br2N4O4. The summed E-state index contributed by atoms with van der Waals surface area (Å²) < 4.78 is 12.9. The summed E-state index contributed by atoms with van der Waals surface area (Å²) in [5, 5.41) is 8.07. The van der Waals surface area contributed by atoms with E-state index in [1.807, 2.05) is 36.4 Å². The van der Waals surface area contributed by atoms with Gasteiger partial charge in [0.05, 0.1) is 12.4 Å². The molecule has 0 spiro atoms. The third-order valence-corrected chi connectivity index (χ3v) is 5.99. The van der Waals surface area contributed by atoms with Crippen LogP contribution in [0.2, 0.25) is 0 Å². The zero-order valence-corrected chi connectivity index (χ0v) is 24.3. The average molecular weight is 648 g/mol. The number of carbonyl (C=O) groups is 2. The second-order valence-electron chi connectivity index (χ2n) is 8.06. The Balaban J connectivity index is 1.63. The van der Waals surface area contributed by atoms with Gasteiger partial charge in [-0.2, -0.15) is 10.2 Å². The molecule has 0 bridgehead atoms. The number of halogens is 2. The fourth-order valence-electron chi connectivity index (χ4n) is 3.18. The average Bonchev–Trinajstić information content (AvgIpc) is 2.89. The van der Waals surface area contributed by atoms with Crippen molar-refractivity contribution in [2.45, 2.75) is 38.5 Å². The first kappa shape index (κ1) is 31.0. The Bertz CT molecular complexity index is 1060. The Labute approximate surface area is 240 Å². The van der Waals surface area contributed by atoms with Crippen LogP contribution in [-0.2, 0) is 9.59 Å². The quantitative estimate of drug-likeness (QED) is 0.0913. The molecule has 8 nitrogen and oxygen atoms in total. The van der Waals surface area contributed by atoms with Crippen LogP contribution in [-0.4, -0.2) is 37.5 Å². The first-order chi connectivity index (χ1) is 18.4. The second-order valence-corrected chi connectivity index (χ2v) is 9.90. The molecule has 2 aromatic carbocycles. The molecule has 0 aromatic heterocycles. The van der Waals surface area contributed by atoms with Gasteiger partial charge in [-0.05, 0) is 49.2 Å². The van der Waals surface area contributed by atoms with Crippen LogP contribution in [0.5, 0.6) is 11.5 Å². The van der Waals surface area contributed by atoms with Gasteiger partial charge in [0.2, 0.25) is 11.8 Å². The maximum Gasteiger partial charge on any atom is 0.240 e. The van der Waals surface area contributed by atoms with Gasteiger partial charge in [0.25, 0.3) is 0 Å². The highest BCUT2D eigenvalue weighted by molar-refractivity contribution is 9.10. The molecule has 0 aliphatic heterocycles. The van der Waals surface area contributed by atoms with Crippen LogP contribution in [0.25, 0.3) is 0 Å². The predicted octanol–water partition coefficient (Wildman–Crippen LogP) is 6.28. The first-order valence-corrected chi connectivity index (χ1v) is 13.7. The van der Waals surface area contributed by atoms with E-state index in [4.69, 9.17) is 9.47 Å². The summed E-state index contributed by atoms with van der Waals surface area (Å²) in [6.07, 6.45) is 10.2. The van der Waals surface area contributed by atoms with Crippen LogP contribution in [0.1, 0.15) is 49.7 Å². The van der Waals surface area contributed by atoms with Crippen LogP contribution >= 0.6 is 31.9 Å². The topological polar surface area (TPSA) is 101 Å². The highest BCUT2D eigenvalue weighted by Crippen LogP contribution is 2.22. The van der Waals surface area contributed by atoms with Gasteiger partial charge in [0, 0.05) is 32.9 Å². The van der Waals surface area contributed by atoms with Gasteiger partial charge in [0.15, 0.2) is 0 Å². The standard InChI is InChI=1S/C28H32Br2N4O4/c1-3-15-37-25-13-11-23(29)17-21(25)19-31-33-27(35)9-7-5-6-8-10-28(36)34-32-20-22-18-24(30)12-14-26(22)38-16-4-2/h3-4,11-14,17-20H,1-2,5-10,15-16H2,(H,33,35)(H,34,36)/b31-19-,32-20-. The van der Waals surface area contributed by atoms with Crippen molar-refractivity contribution in [1.82, 2.24) is 10.9 Å². The molecule has 0 aliphatic carbocycles. The Hall–Kier alpha value is -3.24. The number of hydrazone groups is 2. The van der Waals surface area contributed by atoms with Crippen molar-refractivity contribution >= 4 is 56.1 Å². The number of hydrogen-bond acceptors (Lipinski definition) is 6. The lowest BCUT2D eigenvalue weighted by Gasteiger charge is -2.07. The molecule has 2 amide bonds. The fraction of sp³-hybridized carbons (Fsp3) is 0.286. The van der Waals surface area contributed by atoms with E-state index in [0.29, 0.717) is 50.4 Å². The SMILES string of the molecule is C=CCOc1ccc(Br)cc1/C=N\NC(=O)CCCCCCC(=O)N/N=C\c1cc(Br)ccc1OCC=C.